The summed E-state index contributed by atoms with van der Waals surface area (Å²) in [7, 11) is 0. The number of para-hydroxylation sites is 1. The third-order valence-corrected chi connectivity index (χ3v) is 3.21. The highest BCUT2D eigenvalue weighted by Gasteiger charge is 2.15. The molecule has 17 heavy (non-hydrogen) atoms. The summed E-state index contributed by atoms with van der Waals surface area (Å²) >= 11 is 1.63. The van der Waals surface area contributed by atoms with E-state index in [2.05, 4.69) is 0 Å². The summed E-state index contributed by atoms with van der Waals surface area (Å²) in [6.45, 7) is 2.78. The molecular formula is C12H15BrNO2S+. The number of hydrogen-bond acceptors (Lipinski definition) is 3. The fraction of sp³-hybridized carbons (Fsp3) is 0.333. The van der Waals surface area contributed by atoms with E-state index in [1.165, 1.54) is 4.70 Å². The Labute approximate surface area is 115 Å². The average Bonchev–Trinajstić information content (AvgIpc) is 2.70. The molecule has 0 N–H and O–H groups in total. The Kier molecular flexibility index (Phi) is 5.58. The largest absolute Gasteiger partial charge is 0.461 e. The molecule has 0 radical (unpaired) electrons. The van der Waals surface area contributed by atoms with Crippen LogP contribution in [-0.4, -0.2) is 12.6 Å². The van der Waals surface area contributed by atoms with E-state index < -0.39 is 0 Å². The number of fused-ring (bicyclic) bond motifs is 1. The molecule has 0 aliphatic heterocycles. The smallest absolute Gasteiger partial charge is 0.372 e. The lowest BCUT2D eigenvalue weighted by atomic mass is 10.3. The minimum Gasteiger partial charge on any atom is -0.461 e. The standard InChI is InChI=1S/C12H14NO2S.BrH/c1-2-7-15-12(14)8-13-9-16-11-6-4-3-5-10(11)13;/h3-6,9H,2,7-8H2,1H3;1H/q+1;. The van der Waals surface area contributed by atoms with Gasteiger partial charge in [0.1, 0.15) is 4.70 Å². The molecule has 0 aliphatic rings. The molecule has 0 saturated carbocycles. The van der Waals surface area contributed by atoms with Crippen LogP contribution in [0.3, 0.4) is 0 Å². The molecule has 2 rings (SSSR count). The van der Waals surface area contributed by atoms with Gasteiger partial charge < -0.3 is 4.74 Å². The van der Waals surface area contributed by atoms with Crippen molar-refractivity contribution in [3.8, 4) is 0 Å². The number of hydrogen-bond donors (Lipinski definition) is 0. The fourth-order valence-electron chi connectivity index (χ4n) is 1.49. The Morgan fingerprint density at radius 3 is 2.94 bits per heavy atom. The van der Waals surface area contributed by atoms with Crippen molar-refractivity contribution in [3.05, 3.63) is 29.8 Å². The van der Waals surface area contributed by atoms with Crippen LogP contribution in [0.4, 0.5) is 0 Å². The summed E-state index contributed by atoms with van der Waals surface area (Å²) in [5, 5.41) is 0. The van der Waals surface area contributed by atoms with Crippen LogP contribution in [0.15, 0.2) is 29.8 Å². The van der Waals surface area contributed by atoms with Gasteiger partial charge in [0.25, 0.3) is 0 Å². The number of ether oxygens (including phenoxy) is 1. The highest BCUT2D eigenvalue weighted by molar-refractivity contribution is 8.93. The number of carbonyl (C=O) groups excluding carboxylic acids is 1. The molecule has 3 nitrogen and oxygen atoms in total. The van der Waals surface area contributed by atoms with Gasteiger partial charge in [0.05, 0.1) is 6.61 Å². The predicted molar refractivity (Wildman–Crippen MR) is 73.6 cm³/mol. The van der Waals surface area contributed by atoms with Crippen molar-refractivity contribution in [3.63, 3.8) is 0 Å². The number of esters is 1. The van der Waals surface area contributed by atoms with Crippen LogP contribution in [0.1, 0.15) is 13.3 Å². The van der Waals surface area contributed by atoms with Crippen LogP contribution in [-0.2, 0) is 16.1 Å². The van der Waals surface area contributed by atoms with Gasteiger partial charge in [-0.3, -0.25) is 0 Å². The van der Waals surface area contributed by atoms with Gasteiger partial charge in [0.2, 0.25) is 17.6 Å². The molecule has 1 aromatic carbocycles. The van der Waals surface area contributed by atoms with E-state index in [4.69, 9.17) is 4.74 Å². The van der Waals surface area contributed by atoms with E-state index in [1.807, 2.05) is 41.3 Å². The monoisotopic (exact) mass is 316 g/mol. The Morgan fingerprint density at radius 1 is 1.41 bits per heavy atom. The van der Waals surface area contributed by atoms with E-state index in [0.717, 1.165) is 11.9 Å². The third-order valence-electron chi connectivity index (χ3n) is 2.25. The van der Waals surface area contributed by atoms with Crippen LogP contribution < -0.4 is 4.57 Å². The van der Waals surface area contributed by atoms with Gasteiger partial charge in [-0.1, -0.05) is 30.4 Å². The van der Waals surface area contributed by atoms with Crippen molar-refractivity contribution < 1.29 is 14.1 Å². The maximum atomic E-state index is 11.5. The summed E-state index contributed by atoms with van der Waals surface area (Å²) in [6.07, 6.45) is 0.862. The molecule has 0 bridgehead atoms. The second kappa shape index (κ2) is 6.71. The minimum atomic E-state index is -0.171. The van der Waals surface area contributed by atoms with Gasteiger partial charge in [-0.2, -0.15) is 4.57 Å². The van der Waals surface area contributed by atoms with Crippen LogP contribution in [0, 0.1) is 0 Å². The third kappa shape index (κ3) is 3.51. The maximum Gasteiger partial charge on any atom is 0.372 e. The lowest BCUT2D eigenvalue weighted by Crippen LogP contribution is -2.37. The second-order valence-electron chi connectivity index (χ2n) is 3.54. The average molecular weight is 317 g/mol. The van der Waals surface area contributed by atoms with Gasteiger partial charge in [0.15, 0.2) is 0 Å². The molecule has 5 heteroatoms. The molecule has 0 aliphatic carbocycles. The summed E-state index contributed by atoms with van der Waals surface area (Å²) in [4.78, 5) is 11.5. The first-order valence-corrected chi connectivity index (χ1v) is 6.20. The first-order chi connectivity index (χ1) is 7.81. The quantitative estimate of drug-likeness (QED) is 0.641. The van der Waals surface area contributed by atoms with Gasteiger partial charge >= 0.3 is 5.97 Å². The lowest BCUT2D eigenvalue weighted by Gasteiger charge is -1.98. The highest BCUT2D eigenvalue weighted by atomic mass is 79.9. The summed E-state index contributed by atoms with van der Waals surface area (Å²) in [5.74, 6) is -0.171. The van der Waals surface area contributed by atoms with Crippen molar-refractivity contribution in [1.29, 1.82) is 0 Å². The fourth-order valence-corrected chi connectivity index (χ4v) is 2.39. The Balaban J connectivity index is 0.00000144. The summed E-state index contributed by atoms with van der Waals surface area (Å²) in [5.41, 5.74) is 3.04. The van der Waals surface area contributed by atoms with E-state index in [0.29, 0.717) is 13.2 Å². The van der Waals surface area contributed by atoms with Gasteiger partial charge in [-0.05, 0) is 12.5 Å². The normalized spacial score (nSPS) is 9.94. The first-order valence-electron chi connectivity index (χ1n) is 5.32. The zero-order valence-corrected chi connectivity index (χ0v) is 12.1. The molecule has 92 valence electrons. The van der Waals surface area contributed by atoms with Crippen molar-refractivity contribution in [1.82, 2.24) is 0 Å². The number of thiazole rings is 1. The summed E-state index contributed by atoms with van der Waals surface area (Å²) < 4.78 is 8.17. The topological polar surface area (TPSA) is 30.2 Å². The van der Waals surface area contributed by atoms with Crippen molar-refractivity contribution in [2.24, 2.45) is 0 Å². The van der Waals surface area contributed by atoms with E-state index in [9.17, 15) is 4.79 Å². The second-order valence-corrected chi connectivity index (χ2v) is 4.43. The first kappa shape index (κ1) is 14.1. The molecule has 0 fully saturated rings. The van der Waals surface area contributed by atoms with Crippen LogP contribution >= 0.6 is 28.3 Å². The molecule has 0 saturated heterocycles. The molecular weight excluding hydrogens is 302 g/mol. The molecule has 0 atom stereocenters. The van der Waals surface area contributed by atoms with Gasteiger partial charge in [-0.25, -0.2) is 4.79 Å². The van der Waals surface area contributed by atoms with E-state index in [1.54, 1.807) is 11.3 Å². The number of rotatable bonds is 4. The maximum absolute atomic E-state index is 11.5. The SMILES string of the molecule is Br.CCCOC(=O)C[n+]1csc2ccccc21. The number of benzene rings is 1. The highest BCUT2D eigenvalue weighted by Crippen LogP contribution is 2.14. The number of nitrogens with zero attached hydrogens (tertiary/aromatic N) is 1. The molecule has 0 unspecified atom stereocenters. The Morgan fingerprint density at radius 2 is 2.18 bits per heavy atom. The number of aromatic nitrogens is 1. The van der Waals surface area contributed by atoms with Crippen LogP contribution in [0.5, 0.6) is 0 Å². The molecule has 2 aromatic rings. The summed E-state index contributed by atoms with van der Waals surface area (Å²) in [6, 6.07) is 8.04. The van der Waals surface area contributed by atoms with Gasteiger partial charge in [0, 0.05) is 6.07 Å². The van der Waals surface area contributed by atoms with Gasteiger partial charge in [-0.15, -0.1) is 17.0 Å². The van der Waals surface area contributed by atoms with Crippen molar-refractivity contribution >= 4 is 44.5 Å². The zero-order chi connectivity index (χ0) is 11.4. The van der Waals surface area contributed by atoms with Crippen molar-refractivity contribution in [2.45, 2.75) is 19.9 Å². The Bertz CT molecular complexity index is 498. The molecule has 1 aromatic heterocycles. The van der Waals surface area contributed by atoms with E-state index in [-0.39, 0.29) is 23.0 Å². The molecule has 0 amide bonds. The van der Waals surface area contributed by atoms with Crippen LogP contribution in [0.25, 0.3) is 10.2 Å². The van der Waals surface area contributed by atoms with Crippen LogP contribution in [0.2, 0.25) is 0 Å². The molecule has 0 spiro atoms. The zero-order valence-electron chi connectivity index (χ0n) is 9.59. The minimum absolute atomic E-state index is 0. The van der Waals surface area contributed by atoms with Crippen molar-refractivity contribution in [2.75, 3.05) is 6.61 Å². The lowest BCUT2D eigenvalue weighted by molar-refractivity contribution is -0.655. The number of carbonyl (C=O) groups is 1. The number of halogens is 1. The predicted octanol–water partition coefficient (Wildman–Crippen LogP) is 2.72. The molecule has 1 heterocycles. The Hall–Kier alpha value is -0.940. The van der Waals surface area contributed by atoms with E-state index >= 15 is 0 Å².